The molecule has 0 atom stereocenters. The third kappa shape index (κ3) is 4.58. The largest absolute Gasteiger partial charge is 0.508 e. The van der Waals surface area contributed by atoms with E-state index in [1.54, 1.807) is 0 Å². The first kappa shape index (κ1) is 12.2. The molecule has 0 unspecified atom stereocenters. The number of phenols is 1. The molecule has 1 rings (SSSR count). The van der Waals surface area contributed by atoms with E-state index < -0.39 is 16.4 Å². The second-order valence-corrected chi connectivity index (χ2v) is 3.78. The Balaban J connectivity index is 2.67. The number of benzene rings is 1. The zero-order valence-corrected chi connectivity index (χ0v) is 8.72. The van der Waals surface area contributed by atoms with E-state index >= 15 is 0 Å². The van der Waals surface area contributed by atoms with E-state index in [0.717, 1.165) is 6.08 Å². The number of phenolic OH excluding ortho intramolecular Hbond substituents is 1. The molecule has 0 aliphatic rings. The molecule has 0 aromatic heterocycles. The molecule has 1 aromatic rings. The Morgan fingerprint density at radius 3 is 2.31 bits per heavy atom. The molecule has 0 saturated carbocycles. The van der Waals surface area contributed by atoms with Crippen molar-refractivity contribution in [3.8, 4) is 5.75 Å². The van der Waals surface area contributed by atoms with Crippen molar-refractivity contribution in [3.05, 3.63) is 35.9 Å². The molecule has 0 bridgehead atoms. The second-order valence-electron chi connectivity index (χ2n) is 2.75. The van der Waals surface area contributed by atoms with Crippen molar-refractivity contribution in [2.75, 3.05) is 0 Å². The van der Waals surface area contributed by atoms with Crippen molar-refractivity contribution in [1.82, 2.24) is 0 Å². The summed E-state index contributed by atoms with van der Waals surface area (Å²) in [5, 5.41) is 8.96. The second kappa shape index (κ2) is 4.77. The minimum absolute atomic E-state index is 0.0673. The standard InChI is InChI=1S/C9H8O6S/c10-8-4-1-7(2-5-8)3-6-9(11)15-16(12,13)14/h1-6,10H,(H,12,13,14)/b6-3+. The fourth-order valence-electron chi connectivity index (χ4n) is 0.881. The smallest absolute Gasteiger partial charge is 0.449 e. The van der Waals surface area contributed by atoms with Gasteiger partial charge in [-0.1, -0.05) is 12.1 Å². The molecule has 0 aliphatic heterocycles. The van der Waals surface area contributed by atoms with Crippen molar-refractivity contribution < 1.29 is 27.1 Å². The Bertz CT molecular complexity index is 499. The van der Waals surface area contributed by atoms with Gasteiger partial charge in [-0.15, -0.1) is 0 Å². The van der Waals surface area contributed by atoms with Gasteiger partial charge in [0, 0.05) is 6.08 Å². The first-order chi connectivity index (χ1) is 7.37. The van der Waals surface area contributed by atoms with Crippen LogP contribution in [-0.2, 0) is 19.4 Å². The predicted molar refractivity (Wildman–Crippen MR) is 54.8 cm³/mol. The van der Waals surface area contributed by atoms with Crippen LogP contribution in [0.3, 0.4) is 0 Å². The number of carbonyl (C=O) groups is 1. The Labute approximate surface area is 91.7 Å². The molecule has 0 amide bonds. The highest BCUT2D eigenvalue weighted by atomic mass is 32.3. The summed E-state index contributed by atoms with van der Waals surface area (Å²) in [6.45, 7) is 0. The normalized spacial score (nSPS) is 11.6. The van der Waals surface area contributed by atoms with Crippen LogP contribution in [0, 0.1) is 0 Å². The van der Waals surface area contributed by atoms with Crippen molar-refractivity contribution in [2.24, 2.45) is 0 Å². The Morgan fingerprint density at radius 2 is 1.81 bits per heavy atom. The first-order valence-corrected chi connectivity index (χ1v) is 5.41. The van der Waals surface area contributed by atoms with Gasteiger partial charge < -0.3 is 9.29 Å². The lowest BCUT2D eigenvalue weighted by molar-refractivity contribution is -0.128. The molecule has 0 heterocycles. The number of carbonyl (C=O) groups excluding carboxylic acids is 1. The van der Waals surface area contributed by atoms with Crippen LogP contribution in [0.5, 0.6) is 5.75 Å². The topological polar surface area (TPSA) is 101 Å². The van der Waals surface area contributed by atoms with Gasteiger partial charge in [0.25, 0.3) is 0 Å². The zero-order chi connectivity index (χ0) is 12.2. The van der Waals surface area contributed by atoms with Gasteiger partial charge in [0.15, 0.2) is 0 Å². The summed E-state index contributed by atoms with van der Waals surface area (Å²) in [5.41, 5.74) is 0.560. The number of aromatic hydroxyl groups is 1. The Morgan fingerprint density at radius 1 is 1.25 bits per heavy atom. The molecule has 7 heteroatoms. The third-order valence-corrected chi connectivity index (χ3v) is 1.87. The van der Waals surface area contributed by atoms with Crippen LogP contribution in [0.2, 0.25) is 0 Å². The van der Waals surface area contributed by atoms with Crippen molar-refractivity contribution >= 4 is 22.4 Å². The van der Waals surface area contributed by atoms with E-state index in [2.05, 4.69) is 4.18 Å². The fraction of sp³-hybridized carbons (Fsp3) is 0. The quantitative estimate of drug-likeness (QED) is 0.601. The van der Waals surface area contributed by atoms with Gasteiger partial charge in [-0.2, -0.15) is 8.42 Å². The van der Waals surface area contributed by atoms with E-state index in [1.165, 1.54) is 30.3 Å². The molecule has 0 aliphatic carbocycles. The molecule has 0 fully saturated rings. The maximum atomic E-state index is 10.8. The van der Waals surface area contributed by atoms with Crippen molar-refractivity contribution in [2.45, 2.75) is 0 Å². The third-order valence-electron chi connectivity index (χ3n) is 1.49. The average molecular weight is 244 g/mol. The van der Waals surface area contributed by atoms with Crippen molar-refractivity contribution in [1.29, 1.82) is 0 Å². The molecule has 0 spiro atoms. The molecular formula is C9H8O6S. The van der Waals surface area contributed by atoms with Crippen LogP contribution < -0.4 is 0 Å². The summed E-state index contributed by atoms with van der Waals surface area (Å²) >= 11 is 0. The molecule has 16 heavy (non-hydrogen) atoms. The highest BCUT2D eigenvalue weighted by molar-refractivity contribution is 7.81. The minimum atomic E-state index is -4.78. The van der Waals surface area contributed by atoms with Crippen LogP contribution in [0.25, 0.3) is 6.08 Å². The first-order valence-electron chi connectivity index (χ1n) is 4.05. The van der Waals surface area contributed by atoms with Gasteiger partial charge in [0.2, 0.25) is 0 Å². The van der Waals surface area contributed by atoms with Gasteiger partial charge in [0.05, 0.1) is 0 Å². The summed E-state index contributed by atoms with van der Waals surface area (Å²) in [6.07, 6.45) is 2.10. The number of hydrogen-bond acceptors (Lipinski definition) is 5. The van der Waals surface area contributed by atoms with Gasteiger partial charge in [-0.25, -0.2) is 4.79 Å². The summed E-state index contributed by atoms with van der Waals surface area (Å²) in [6, 6.07) is 5.81. The van der Waals surface area contributed by atoms with Gasteiger partial charge in [-0.05, 0) is 23.8 Å². The molecular weight excluding hydrogens is 236 g/mol. The predicted octanol–water partition coefficient (Wildman–Crippen LogP) is 0.751. The molecule has 86 valence electrons. The van der Waals surface area contributed by atoms with Crippen LogP contribution >= 0.6 is 0 Å². The van der Waals surface area contributed by atoms with Crippen molar-refractivity contribution in [3.63, 3.8) is 0 Å². The maximum absolute atomic E-state index is 10.8. The van der Waals surface area contributed by atoms with Crippen LogP contribution in [0.4, 0.5) is 0 Å². The number of rotatable bonds is 3. The zero-order valence-electron chi connectivity index (χ0n) is 7.90. The Kier molecular flexibility index (Phi) is 3.64. The summed E-state index contributed by atoms with van der Waals surface area (Å²) in [5.74, 6) is -1.15. The van der Waals surface area contributed by atoms with E-state index in [4.69, 9.17) is 9.66 Å². The van der Waals surface area contributed by atoms with E-state index in [-0.39, 0.29) is 5.75 Å². The molecule has 6 nitrogen and oxygen atoms in total. The van der Waals surface area contributed by atoms with Gasteiger partial charge in [0.1, 0.15) is 5.75 Å². The van der Waals surface area contributed by atoms with Crippen LogP contribution in [-0.4, -0.2) is 24.0 Å². The van der Waals surface area contributed by atoms with E-state index in [1.807, 2.05) is 0 Å². The highest BCUT2D eigenvalue weighted by Gasteiger charge is 2.09. The highest BCUT2D eigenvalue weighted by Crippen LogP contribution is 2.10. The monoisotopic (exact) mass is 244 g/mol. The molecule has 0 saturated heterocycles. The summed E-state index contributed by atoms with van der Waals surface area (Å²) < 4.78 is 32.1. The minimum Gasteiger partial charge on any atom is -0.508 e. The lowest BCUT2D eigenvalue weighted by atomic mass is 10.2. The average Bonchev–Trinajstić information content (AvgIpc) is 2.14. The van der Waals surface area contributed by atoms with E-state index in [0.29, 0.717) is 5.56 Å². The summed E-state index contributed by atoms with van der Waals surface area (Å²) in [4.78, 5) is 10.8. The fourth-order valence-corrected chi connectivity index (χ4v) is 1.14. The van der Waals surface area contributed by atoms with Gasteiger partial charge in [-0.3, -0.25) is 4.55 Å². The molecule has 2 N–H and O–H groups in total. The SMILES string of the molecule is O=C(/C=C/c1ccc(O)cc1)OS(=O)(=O)O. The maximum Gasteiger partial charge on any atom is 0.449 e. The number of hydrogen-bond donors (Lipinski definition) is 2. The summed E-state index contributed by atoms with van der Waals surface area (Å²) in [7, 11) is -4.78. The lowest BCUT2D eigenvalue weighted by Crippen LogP contribution is -2.08. The van der Waals surface area contributed by atoms with Crippen LogP contribution in [0.15, 0.2) is 30.3 Å². The lowest BCUT2D eigenvalue weighted by Gasteiger charge is -1.95. The molecule has 0 radical (unpaired) electrons. The van der Waals surface area contributed by atoms with Gasteiger partial charge >= 0.3 is 16.4 Å². The molecule has 1 aromatic carbocycles. The van der Waals surface area contributed by atoms with E-state index in [9.17, 15) is 13.2 Å². The Hall–Kier alpha value is -1.86. The van der Waals surface area contributed by atoms with Crippen LogP contribution in [0.1, 0.15) is 5.56 Å².